The van der Waals surface area contributed by atoms with E-state index in [0.717, 1.165) is 0 Å². The lowest BCUT2D eigenvalue weighted by molar-refractivity contribution is -0.118. The number of ketones is 1. The molecule has 0 aliphatic carbocycles. The Kier molecular flexibility index (Phi) is 3.33. The maximum Gasteiger partial charge on any atom is 0.267 e. The van der Waals surface area contributed by atoms with Gasteiger partial charge in [0, 0.05) is 12.1 Å². The Hall–Kier alpha value is -1.16. The topological polar surface area (TPSA) is 20.3 Å². The molecule has 1 heterocycles. The summed E-state index contributed by atoms with van der Waals surface area (Å²) in [6.45, 7) is -0.426. The molecule has 0 amide bonds. The highest BCUT2D eigenvalue weighted by Gasteiger charge is 2.47. The van der Waals surface area contributed by atoms with Crippen molar-refractivity contribution in [1.29, 1.82) is 0 Å². The van der Waals surface area contributed by atoms with Gasteiger partial charge in [0.15, 0.2) is 5.78 Å². The van der Waals surface area contributed by atoms with E-state index in [4.69, 9.17) is 11.6 Å². The second-order valence-corrected chi connectivity index (χ2v) is 4.41. The Morgan fingerprint density at radius 2 is 2.06 bits per heavy atom. The second-order valence-electron chi connectivity index (χ2n) is 4.14. The minimum absolute atomic E-state index is 0.232. The number of benzene rings is 1. The number of anilines is 1. The molecule has 0 N–H and O–H groups in total. The first kappa shape index (κ1) is 12.3. The molecule has 0 unspecified atom stereocenters. The van der Waals surface area contributed by atoms with Gasteiger partial charge in [-0.2, -0.15) is 0 Å². The predicted octanol–water partition coefficient (Wildman–Crippen LogP) is 2.71. The maximum atomic E-state index is 13.4. The fourth-order valence-corrected chi connectivity index (χ4v) is 2.26. The smallest absolute Gasteiger partial charge is 0.267 e. The average molecular weight is 260 g/mol. The zero-order valence-electron chi connectivity index (χ0n) is 9.07. The van der Waals surface area contributed by atoms with Crippen molar-refractivity contribution in [2.24, 2.45) is 0 Å². The maximum absolute atomic E-state index is 13.4. The van der Waals surface area contributed by atoms with Gasteiger partial charge in [-0.05, 0) is 12.1 Å². The Bertz CT molecular complexity index is 410. The van der Waals surface area contributed by atoms with E-state index in [9.17, 15) is 13.6 Å². The van der Waals surface area contributed by atoms with Crippen LogP contribution in [0.4, 0.5) is 14.5 Å². The summed E-state index contributed by atoms with van der Waals surface area (Å²) in [5.41, 5.74) is 0.633. The summed E-state index contributed by atoms with van der Waals surface area (Å²) in [5.74, 6) is -3.42. The van der Waals surface area contributed by atoms with Crippen molar-refractivity contribution in [2.75, 3.05) is 17.3 Å². The first-order valence-corrected chi connectivity index (χ1v) is 5.85. The van der Waals surface area contributed by atoms with Crippen molar-refractivity contribution in [2.45, 2.75) is 18.4 Å². The Balaban J connectivity index is 2.28. The largest absolute Gasteiger partial charge is 0.355 e. The summed E-state index contributed by atoms with van der Waals surface area (Å²) >= 11 is 5.46. The quantitative estimate of drug-likeness (QED) is 0.778. The number of carbonyl (C=O) groups excluding carboxylic acids is 1. The summed E-state index contributed by atoms with van der Waals surface area (Å²) < 4.78 is 26.8. The van der Waals surface area contributed by atoms with Crippen LogP contribution in [0.2, 0.25) is 0 Å². The Labute approximate surface area is 103 Å². The summed E-state index contributed by atoms with van der Waals surface area (Å²) in [4.78, 5) is 13.0. The van der Waals surface area contributed by atoms with E-state index in [2.05, 4.69) is 0 Å². The van der Waals surface area contributed by atoms with Gasteiger partial charge in [-0.1, -0.05) is 18.2 Å². The number of rotatable bonds is 3. The zero-order valence-corrected chi connectivity index (χ0v) is 9.83. The minimum atomic E-state index is -2.83. The van der Waals surface area contributed by atoms with Crippen LogP contribution in [0.3, 0.4) is 0 Å². The van der Waals surface area contributed by atoms with Gasteiger partial charge in [-0.3, -0.25) is 4.79 Å². The predicted molar refractivity (Wildman–Crippen MR) is 62.9 cm³/mol. The lowest BCUT2D eigenvalue weighted by Crippen LogP contribution is -2.36. The van der Waals surface area contributed by atoms with Crippen LogP contribution < -0.4 is 4.90 Å². The van der Waals surface area contributed by atoms with Crippen molar-refractivity contribution in [3.8, 4) is 0 Å². The van der Waals surface area contributed by atoms with Gasteiger partial charge in [0.25, 0.3) is 5.92 Å². The number of carbonyl (C=O) groups is 1. The molecule has 1 aliphatic rings. The SMILES string of the molecule is O=C(CCl)[C@H]1CC(F)(F)CN1c1ccccc1. The van der Waals surface area contributed by atoms with E-state index in [1.54, 1.807) is 30.3 Å². The molecule has 0 spiro atoms. The Morgan fingerprint density at radius 3 is 2.65 bits per heavy atom. The number of para-hydroxylation sites is 1. The van der Waals surface area contributed by atoms with Gasteiger partial charge in [0.05, 0.1) is 18.5 Å². The first-order chi connectivity index (χ1) is 8.03. The Morgan fingerprint density at radius 1 is 1.41 bits per heavy atom. The summed E-state index contributed by atoms with van der Waals surface area (Å²) in [7, 11) is 0. The van der Waals surface area contributed by atoms with Crippen LogP contribution in [0.15, 0.2) is 30.3 Å². The first-order valence-electron chi connectivity index (χ1n) is 5.32. The van der Waals surface area contributed by atoms with Gasteiger partial charge in [-0.25, -0.2) is 8.78 Å². The molecule has 1 fully saturated rings. The molecule has 0 radical (unpaired) electrons. The molecular formula is C12H12ClF2NO. The molecule has 1 aromatic carbocycles. The van der Waals surface area contributed by atoms with Crippen molar-refractivity contribution < 1.29 is 13.6 Å². The van der Waals surface area contributed by atoms with Gasteiger partial charge in [0.1, 0.15) is 0 Å². The number of hydrogen-bond acceptors (Lipinski definition) is 2. The van der Waals surface area contributed by atoms with Gasteiger partial charge < -0.3 is 4.90 Å². The van der Waals surface area contributed by atoms with Crippen LogP contribution in [0, 0.1) is 0 Å². The molecule has 2 nitrogen and oxygen atoms in total. The number of alkyl halides is 3. The molecular weight excluding hydrogens is 248 g/mol. The van der Waals surface area contributed by atoms with Crippen LogP contribution in [-0.2, 0) is 4.79 Å². The highest BCUT2D eigenvalue weighted by molar-refractivity contribution is 6.28. The molecule has 92 valence electrons. The summed E-state index contributed by atoms with van der Waals surface area (Å²) in [5, 5.41) is 0. The molecule has 1 aromatic rings. The van der Waals surface area contributed by atoms with Crippen LogP contribution in [0.1, 0.15) is 6.42 Å². The third-order valence-corrected chi connectivity index (χ3v) is 3.12. The molecule has 1 saturated heterocycles. The normalized spacial score (nSPS) is 22.8. The molecule has 2 rings (SSSR count). The van der Waals surface area contributed by atoms with Crippen molar-refractivity contribution in [1.82, 2.24) is 0 Å². The van der Waals surface area contributed by atoms with Gasteiger partial charge in [-0.15, -0.1) is 11.6 Å². The van der Waals surface area contributed by atoms with E-state index in [0.29, 0.717) is 5.69 Å². The summed E-state index contributed by atoms with van der Waals surface area (Å²) in [6, 6.07) is 7.94. The van der Waals surface area contributed by atoms with E-state index >= 15 is 0 Å². The molecule has 5 heteroatoms. The third kappa shape index (κ3) is 2.57. The zero-order chi connectivity index (χ0) is 12.5. The molecule has 0 saturated carbocycles. The average Bonchev–Trinajstić information content (AvgIpc) is 2.65. The third-order valence-electron chi connectivity index (χ3n) is 2.86. The van der Waals surface area contributed by atoms with Crippen LogP contribution in [0.5, 0.6) is 0 Å². The molecule has 1 aliphatic heterocycles. The van der Waals surface area contributed by atoms with E-state index in [1.165, 1.54) is 4.90 Å². The van der Waals surface area contributed by atoms with Gasteiger partial charge in [0.2, 0.25) is 0 Å². The highest BCUT2D eigenvalue weighted by Crippen LogP contribution is 2.35. The molecule has 1 atom stereocenters. The molecule has 0 bridgehead atoms. The minimum Gasteiger partial charge on any atom is -0.355 e. The van der Waals surface area contributed by atoms with Gasteiger partial charge >= 0.3 is 0 Å². The fraction of sp³-hybridized carbons (Fsp3) is 0.417. The summed E-state index contributed by atoms with van der Waals surface area (Å²) in [6.07, 6.45) is -0.451. The van der Waals surface area contributed by atoms with Crippen LogP contribution >= 0.6 is 11.6 Å². The number of halogens is 3. The fourth-order valence-electron chi connectivity index (χ4n) is 2.08. The standard InChI is InChI=1S/C12H12ClF2NO/c13-7-11(17)10-6-12(14,15)8-16(10)9-4-2-1-3-5-9/h1-5,10H,6-8H2/t10-/m1/s1. The van der Waals surface area contributed by atoms with Crippen LogP contribution in [-0.4, -0.2) is 30.2 Å². The number of nitrogens with zero attached hydrogens (tertiary/aromatic N) is 1. The lowest BCUT2D eigenvalue weighted by Gasteiger charge is -2.24. The molecule has 0 aromatic heterocycles. The monoisotopic (exact) mass is 259 g/mol. The van der Waals surface area contributed by atoms with Crippen molar-refractivity contribution in [3.63, 3.8) is 0 Å². The second kappa shape index (κ2) is 4.61. The molecule has 17 heavy (non-hydrogen) atoms. The van der Waals surface area contributed by atoms with E-state index in [1.807, 2.05) is 0 Å². The van der Waals surface area contributed by atoms with Crippen LogP contribution in [0.25, 0.3) is 0 Å². The van der Waals surface area contributed by atoms with E-state index < -0.39 is 24.9 Å². The lowest BCUT2D eigenvalue weighted by atomic mass is 10.1. The highest BCUT2D eigenvalue weighted by atomic mass is 35.5. The van der Waals surface area contributed by atoms with Crippen molar-refractivity contribution in [3.05, 3.63) is 30.3 Å². The van der Waals surface area contributed by atoms with E-state index in [-0.39, 0.29) is 11.7 Å². The van der Waals surface area contributed by atoms with Crippen molar-refractivity contribution >= 4 is 23.1 Å². The number of Topliss-reactive ketones (excluding diaryl/α,β-unsaturated/α-hetero) is 1. The number of hydrogen-bond donors (Lipinski definition) is 0.